The molecular weight excluding hydrogens is 168 g/mol. The lowest BCUT2D eigenvalue weighted by molar-refractivity contribution is -0.120. The molecule has 1 fully saturated rings. The Morgan fingerprint density at radius 1 is 1.46 bits per heavy atom. The number of hydrogen-bond acceptors (Lipinski definition) is 3. The average Bonchev–Trinajstić information content (AvgIpc) is 2.42. The van der Waals surface area contributed by atoms with Gasteiger partial charge in [-0.05, 0) is 6.42 Å². The van der Waals surface area contributed by atoms with Crippen molar-refractivity contribution in [2.75, 3.05) is 39.9 Å². The summed E-state index contributed by atoms with van der Waals surface area (Å²) in [6.07, 6.45) is 1.67. The van der Waals surface area contributed by atoms with Crippen LogP contribution in [0.15, 0.2) is 0 Å². The molecule has 1 heterocycles. The molecule has 0 aromatic rings. The molecular formula is C9H18N2O2. The van der Waals surface area contributed by atoms with Crippen LogP contribution in [0.4, 0.5) is 0 Å². The maximum atomic E-state index is 11.0. The van der Waals surface area contributed by atoms with Crippen LogP contribution in [0, 0.1) is 0 Å². The summed E-state index contributed by atoms with van der Waals surface area (Å²) < 4.78 is 5.32. The third-order valence-corrected chi connectivity index (χ3v) is 2.25. The van der Waals surface area contributed by atoms with Crippen molar-refractivity contribution in [2.24, 2.45) is 0 Å². The van der Waals surface area contributed by atoms with Gasteiger partial charge in [-0.1, -0.05) is 0 Å². The highest BCUT2D eigenvalue weighted by molar-refractivity contribution is 5.75. The van der Waals surface area contributed by atoms with Crippen LogP contribution in [-0.4, -0.2) is 50.7 Å². The summed E-state index contributed by atoms with van der Waals surface area (Å²) >= 11 is 0. The van der Waals surface area contributed by atoms with Crippen molar-refractivity contribution in [1.29, 1.82) is 0 Å². The largest absolute Gasteiger partial charge is 0.380 e. The lowest BCUT2D eigenvalue weighted by Gasteiger charge is -2.17. The Balaban J connectivity index is 2.15. The first-order valence-corrected chi connectivity index (χ1v) is 4.83. The van der Waals surface area contributed by atoms with Crippen molar-refractivity contribution in [3.8, 4) is 0 Å². The van der Waals surface area contributed by atoms with Crippen molar-refractivity contribution in [2.45, 2.75) is 12.8 Å². The summed E-state index contributed by atoms with van der Waals surface area (Å²) in [4.78, 5) is 13.3. The Bertz CT molecular complexity index is 154. The lowest BCUT2D eigenvalue weighted by Crippen LogP contribution is -2.31. The second-order valence-electron chi connectivity index (χ2n) is 3.23. The summed E-state index contributed by atoms with van der Waals surface area (Å²) in [6, 6.07) is 0. The van der Waals surface area contributed by atoms with Crippen LogP contribution < -0.4 is 5.32 Å². The van der Waals surface area contributed by atoms with Gasteiger partial charge in [0.05, 0.1) is 6.61 Å². The van der Waals surface area contributed by atoms with Crippen molar-refractivity contribution in [1.82, 2.24) is 10.2 Å². The molecule has 4 nitrogen and oxygen atoms in total. The standard InChI is InChI=1S/C9H18N2O2/c1-10-9(12)3-5-11-4-2-7-13-8-6-11/h2-8H2,1H3,(H,10,12). The van der Waals surface area contributed by atoms with Gasteiger partial charge in [0.25, 0.3) is 0 Å². The zero-order valence-corrected chi connectivity index (χ0v) is 8.21. The number of carbonyl (C=O) groups excluding carboxylic acids is 1. The van der Waals surface area contributed by atoms with Crippen LogP contribution in [-0.2, 0) is 9.53 Å². The SMILES string of the molecule is CNC(=O)CCN1CCCOCC1. The third-order valence-electron chi connectivity index (χ3n) is 2.25. The highest BCUT2D eigenvalue weighted by Crippen LogP contribution is 1.99. The number of nitrogens with one attached hydrogen (secondary N) is 1. The predicted molar refractivity (Wildman–Crippen MR) is 50.6 cm³/mol. The molecule has 1 amide bonds. The lowest BCUT2D eigenvalue weighted by atomic mass is 10.3. The molecule has 0 spiro atoms. The van der Waals surface area contributed by atoms with E-state index in [1.165, 1.54) is 0 Å². The molecule has 0 unspecified atom stereocenters. The highest BCUT2D eigenvalue weighted by Gasteiger charge is 2.09. The zero-order chi connectivity index (χ0) is 9.52. The normalized spacial score (nSPS) is 19.5. The minimum absolute atomic E-state index is 0.116. The number of rotatable bonds is 3. The van der Waals surface area contributed by atoms with E-state index in [0.717, 1.165) is 39.3 Å². The molecule has 0 atom stereocenters. The molecule has 13 heavy (non-hydrogen) atoms. The van der Waals surface area contributed by atoms with Crippen LogP contribution in [0.3, 0.4) is 0 Å². The Kier molecular flexibility index (Phi) is 4.78. The smallest absolute Gasteiger partial charge is 0.221 e. The van der Waals surface area contributed by atoms with Gasteiger partial charge in [-0.3, -0.25) is 4.79 Å². The molecule has 0 aliphatic carbocycles. The average molecular weight is 186 g/mol. The van der Waals surface area contributed by atoms with Crippen molar-refractivity contribution >= 4 is 5.91 Å². The van der Waals surface area contributed by atoms with Crippen molar-refractivity contribution in [3.63, 3.8) is 0 Å². The first-order chi connectivity index (χ1) is 6.33. The Morgan fingerprint density at radius 3 is 3.08 bits per heavy atom. The molecule has 76 valence electrons. The molecule has 1 saturated heterocycles. The molecule has 0 bridgehead atoms. The van der Waals surface area contributed by atoms with E-state index in [-0.39, 0.29) is 5.91 Å². The minimum atomic E-state index is 0.116. The number of hydrogen-bond donors (Lipinski definition) is 1. The molecule has 0 saturated carbocycles. The molecule has 4 heteroatoms. The molecule has 1 N–H and O–H groups in total. The van der Waals surface area contributed by atoms with E-state index in [2.05, 4.69) is 10.2 Å². The first kappa shape index (κ1) is 10.5. The number of nitrogens with zero attached hydrogens (tertiary/aromatic N) is 1. The van der Waals surface area contributed by atoms with E-state index in [0.29, 0.717) is 6.42 Å². The van der Waals surface area contributed by atoms with Gasteiger partial charge in [0, 0.05) is 39.7 Å². The Morgan fingerprint density at radius 2 is 2.31 bits per heavy atom. The maximum absolute atomic E-state index is 11.0. The van der Waals surface area contributed by atoms with E-state index in [1.54, 1.807) is 7.05 Å². The van der Waals surface area contributed by atoms with Gasteiger partial charge < -0.3 is 15.0 Å². The number of amides is 1. The van der Waals surface area contributed by atoms with E-state index < -0.39 is 0 Å². The Hall–Kier alpha value is -0.610. The van der Waals surface area contributed by atoms with E-state index in [4.69, 9.17) is 4.74 Å². The van der Waals surface area contributed by atoms with E-state index in [1.807, 2.05) is 0 Å². The minimum Gasteiger partial charge on any atom is -0.380 e. The van der Waals surface area contributed by atoms with Gasteiger partial charge in [0.15, 0.2) is 0 Å². The first-order valence-electron chi connectivity index (χ1n) is 4.83. The van der Waals surface area contributed by atoms with Gasteiger partial charge in [-0.2, -0.15) is 0 Å². The van der Waals surface area contributed by atoms with Gasteiger partial charge in [0.1, 0.15) is 0 Å². The van der Waals surface area contributed by atoms with E-state index >= 15 is 0 Å². The fourth-order valence-corrected chi connectivity index (χ4v) is 1.41. The van der Waals surface area contributed by atoms with Crippen molar-refractivity contribution < 1.29 is 9.53 Å². The quantitative estimate of drug-likeness (QED) is 0.666. The van der Waals surface area contributed by atoms with Crippen LogP contribution in [0.5, 0.6) is 0 Å². The van der Waals surface area contributed by atoms with Gasteiger partial charge >= 0.3 is 0 Å². The zero-order valence-electron chi connectivity index (χ0n) is 8.21. The molecule has 0 aromatic carbocycles. The van der Waals surface area contributed by atoms with Gasteiger partial charge in [0.2, 0.25) is 5.91 Å². The highest BCUT2D eigenvalue weighted by atomic mass is 16.5. The predicted octanol–water partition coefficient (Wildman–Crippen LogP) is -0.155. The van der Waals surface area contributed by atoms with Crippen LogP contribution in [0.25, 0.3) is 0 Å². The van der Waals surface area contributed by atoms with Crippen LogP contribution in [0.2, 0.25) is 0 Å². The second-order valence-corrected chi connectivity index (χ2v) is 3.23. The summed E-state index contributed by atoms with van der Waals surface area (Å²) in [5, 5.41) is 2.62. The molecule has 0 radical (unpaired) electrons. The van der Waals surface area contributed by atoms with Gasteiger partial charge in [-0.15, -0.1) is 0 Å². The molecule has 1 rings (SSSR count). The summed E-state index contributed by atoms with van der Waals surface area (Å²) in [5.74, 6) is 0.116. The van der Waals surface area contributed by atoms with E-state index in [9.17, 15) is 4.79 Å². The number of carbonyl (C=O) groups is 1. The van der Waals surface area contributed by atoms with Gasteiger partial charge in [-0.25, -0.2) is 0 Å². The summed E-state index contributed by atoms with van der Waals surface area (Å²) in [5.41, 5.74) is 0. The number of ether oxygens (including phenoxy) is 1. The fourth-order valence-electron chi connectivity index (χ4n) is 1.41. The van der Waals surface area contributed by atoms with Crippen LogP contribution in [0.1, 0.15) is 12.8 Å². The fraction of sp³-hybridized carbons (Fsp3) is 0.889. The van der Waals surface area contributed by atoms with Crippen LogP contribution >= 0.6 is 0 Å². The van der Waals surface area contributed by atoms with Crippen molar-refractivity contribution in [3.05, 3.63) is 0 Å². The molecule has 1 aliphatic rings. The monoisotopic (exact) mass is 186 g/mol. The summed E-state index contributed by atoms with van der Waals surface area (Å²) in [6.45, 7) is 4.52. The third kappa shape index (κ3) is 4.24. The molecule has 1 aliphatic heterocycles. The maximum Gasteiger partial charge on any atom is 0.221 e. The topological polar surface area (TPSA) is 41.6 Å². The summed E-state index contributed by atoms with van der Waals surface area (Å²) in [7, 11) is 1.67. The Labute approximate surface area is 79.2 Å². The molecule has 0 aromatic heterocycles. The second kappa shape index (κ2) is 5.94.